The number of ether oxygens (including phenoxy) is 2. The Morgan fingerprint density at radius 3 is 2.41 bits per heavy atom. The third kappa shape index (κ3) is 4.30. The molecule has 1 aliphatic rings. The second-order valence-electron chi connectivity index (χ2n) is 6.71. The number of amides is 1. The van der Waals surface area contributed by atoms with Gasteiger partial charge in [-0.3, -0.25) is 9.59 Å². The van der Waals surface area contributed by atoms with E-state index in [0.717, 1.165) is 17.0 Å². The maximum absolute atomic E-state index is 12.6. The van der Waals surface area contributed by atoms with Gasteiger partial charge in [-0.05, 0) is 51.0 Å². The number of rotatable bonds is 5. The van der Waals surface area contributed by atoms with Crippen molar-refractivity contribution in [1.29, 1.82) is 0 Å². The van der Waals surface area contributed by atoms with Crippen LogP contribution in [0.25, 0.3) is 0 Å². The number of aromatic nitrogens is 1. The van der Waals surface area contributed by atoms with Gasteiger partial charge < -0.3 is 18.9 Å². The SMILES string of the molecule is COC(=O)C1CCN(C(=O)c2ccc(OCc3c(C)noc3C)cc2)CC1. The van der Waals surface area contributed by atoms with Crippen molar-refractivity contribution < 1.29 is 23.6 Å². The van der Waals surface area contributed by atoms with Crippen LogP contribution in [0.15, 0.2) is 28.8 Å². The van der Waals surface area contributed by atoms with Crippen LogP contribution in [0.1, 0.15) is 40.2 Å². The van der Waals surface area contributed by atoms with Crippen LogP contribution in [0.2, 0.25) is 0 Å². The summed E-state index contributed by atoms with van der Waals surface area (Å²) in [5, 5.41) is 3.90. The molecule has 2 heterocycles. The topological polar surface area (TPSA) is 81.9 Å². The molecule has 0 aliphatic carbocycles. The smallest absolute Gasteiger partial charge is 0.308 e. The molecule has 7 heteroatoms. The summed E-state index contributed by atoms with van der Waals surface area (Å²) in [5.41, 5.74) is 2.36. The van der Waals surface area contributed by atoms with Gasteiger partial charge in [-0.15, -0.1) is 0 Å². The number of methoxy groups -OCH3 is 1. The van der Waals surface area contributed by atoms with E-state index in [4.69, 9.17) is 14.0 Å². The van der Waals surface area contributed by atoms with Gasteiger partial charge >= 0.3 is 5.97 Å². The normalized spacial score (nSPS) is 14.9. The highest BCUT2D eigenvalue weighted by Crippen LogP contribution is 2.22. The highest BCUT2D eigenvalue weighted by atomic mass is 16.5. The van der Waals surface area contributed by atoms with E-state index >= 15 is 0 Å². The van der Waals surface area contributed by atoms with Crippen LogP contribution < -0.4 is 4.74 Å². The summed E-state index contributed by atoms with van der Waals surface area (Å²) >= 11 is 0. The predicted octanol–water partition coefficient (Wildman–Crippen LogP) is 2.90. The van der Waals surface area contributed by atoms with Gasteiger partial charge in [-0.25, -0.2) is 0 Å². The fourth-order valence-corrected chi connectivity index (χ4v) is 3.22. The fourth-order valence-electron chi connectivity index (χ4n) is 3.22. The summed E-state index contributed by atoms with van der Waals surface area (Å²) in [7, 11) is 1.40. The highest BCUT2D eigenvalue weighted by molar-refractivity contribution is 5.94. The minimum Gasteiger partial charge on any atom is -0.489 e. The average molecular weight is 372 g/mol. The zero-order valence-corrected chi connectivity index (χ0v) is 15.9. The van der Waals surface area contributed by atoms with Gasteiger partial charge in [0.05, 0.1) is 24.3 Å². The van der Waals surface area contributed by atoms with Gasteiger partial charge in [0, 0.05) is 18.7 Å². The first kappa shape index (κ1) is 18.9. The van der Waals surface area contributed by atoms with Crippen molar-refractivity contribution in [3.63, 3.8) is 0 Å². The Hall–Kier alpha value is -2.83. The Morgan fingerprint density at radius 1 is 1.19 bits per heavy atom. The number of piperidine rings is 1. The maximum atomic E-state index is 12.6. The lowest BCUT2D eigenvalue weighted by Crippen LogP contribution is -2.40. The number of likely N-dealkylation sites (tertiary alicyclic amines) is 1. The van der Waals surface area contributed by atoms with E-state index in [1.807, 2.05) is 13.8 Å². The number of nitrogens with zero attached hydrogens (tertiary/aromatic N) is 2. The Labute approximate surface area is 158 Å². The first-order valence-corrected chi connectivity index (χ1v) is 9.01. The van der Waals surface area contributed by atoms with Gasteiger partial charge in [-0.1, -0.05) is 5.16 Å². The van der Waals surface area contributed by atoms with Gasteiger partial charge in [0.1, 0.15) is 18.1 Å². The number of carbonyl (C=O) groups excluding carboxylic acids is 2. The van der Waals surface area contributed by atoms with Crippen molar-refractivity contribution in [3.05, 3.63) is 46.8 Å². The largest absolute Gasteiger partial charge is 0.489 e. The number of carbonyl (C=O) groups is 2. The zero-order valence-electron chi connectivity index (χ0n) is 15.9. The van der Waals surface area contributed by atoms with E-state index in [2.05, 4.69) is 5.16 Å². The summed E-state index contributed by atoms with van der Waals surface area (Å²) in [5.74, 6) is 1.09. The maximum Gasteiger partial charge on any atom is 0.308 e. The molecule has 1 saturated heterocycles. The third-order valence-electron chi connectivity index (χ3n) is 4.98. The minimum absolute atomic E-state index is 0.0319. The summed E-state index contributed by atoms with van der Waals surface area (Å²) in [6, 6.07) is 7.09. The highest BCUT2D eigenvalue weighted by Gasteiger charge is 2.28. The number of esters is 1. The van der Waals surface area contributed by atoms with Crippen LogP contribution in [-0.4, -0.2) is 42.1 Å². The Morgan fingerprint density at radius 2 is 1.85 bits per heavy atom. The van der Waals surface area contributed by atoms with Crippen LogP contribution in [-0.2, 0) is 16.1 Å². The molecule has 0 atom stereocenters. The van der Waals surface area contributed by atoms with Crippen molar-refractivity contribution in [2.75, 3.05) is 20.2 Å². The van der Waals surface area contributed by atoms with Gasteiger partial charge in [0.15, 0.2) is 0 Å². The molecular formula is C20H24N2O5. The number of hydrogen-bond acceptors (Lipinski definition) is 6. The summed E-state index contributed by atoms with van der Waals surface area (Å²) in [6.45, 7) is 5.21. The van der Waals surface area contributed by atoms with Crippen LogP contribution in [0.4, 0.5) is 0 Å². The lowest BCUT2D eigenvalue weighted by molar-refractivity contribution is -0.146. The molecule has 0 saturated carbocycles. The molecule has 0 spiro atoms. The van der Waals surface area contributed by atoms with Crippen molar-refractivity contribution in [2.24, 2.45) is 5.92 Å². The van der Waals surface area contributed by atoms with Crippen molar-refractivity contribution >= 4 is 11.9 Å². The average Bonchev–Trinajstić information content (AvgIpc) is 3.03. The van der Waals surface area contributed by atoms with Crippen molar-refractivity contribution in [2.45, 2.75) is 33.3 Å². The molecule has 0 radical (unpaired) electrons. The van der Waals surface area contributed by atoms with Crippen LogP contribution in [0.3, 0.4) is 0 Å². The van der Waals surface area contributed by atoms with Gasteiger partial charge in [0.2, 0.25) is 0 Å². The molecule has 3 rings (SSSR count). The third-order valence-corrected chi connectivity index (χ3v) is 4.98. The second kappa shape index (κ2) is 8.24. The van der Waals surface area contributed by atoms with E-state index < -0.39 is 0 Å². The first-order chi connectivity index (χ1) is 13.0. The summed E-state index contributed by atoms with van der Waals surface area (Å²) < 4.78 is 15.7. The molecule has 0 bridgehead atoms. The standard InChI is InChI=1S/C20H24N2O5/c1-13-18(14(2)27-21-13)12-26-17-6-4-15(5-7-17)19(23)22-10-8-16(9-11-22)20(24)25-3/h4-7,16H,8-12H2,1-3H3. The van der Waals surface area contributed by atoms with E-state index in [1.54, 1.807) is 29.2 Å². The number of benzene rings is 1. The predicted molar refractivity (Wildman–Crippen MR) is 97.4 cm³/mol. The Kier molecular flexibility index (Phi) is 5.78. The Balaban J connectivity index is 1.55. The van der Waals surface area contributed by atoms with Crippen LogP contribution in [0.5, 0.6) is 5.75 Å². The number of hydrogen-bond donors (Lipinski definition) is 0. The Bertz CT molecular complexity index is 785. The van der Waals surface area contributed by atoms with Gasteiger partial charge in [0.25, 0.3) is 5.91 Å². The van der Waals surface area contributed by atoms with Crippen LogP contribution >= 0.6 is 0 Å². The molecule has 1 aromatic carbocycles. The molecular weight excluding hydrogens is 348 g/mol. The minimum atomic E-state index is -0.193. The molecule has 1 amide bonds. The molecule has 2 aromatic rings. The van der Waals surface area contributed by atoms with E-state index in [1.165, 1.54) is 7.11 Å². The second-order valence-corrected chi connectivity index (χ2v) is 6.71. The van der Waals surface area contributed by atoms with E-state index in [9.17, 15) is 9.59 Å². The molecule has 27 heavy (non-hydrogen) atoms. The fraction of sp³-hybridized carbons (Fsp3) is 0.450. The summed E-state index contributed by atoms with van der Waals surface area (Å²) in [6.07, 6.45) is 1.27. The molecule has 0 N–H and O–H groups in total. The molecule has 7 nitrogen and oxygen atoms in total. The molecule has 1 aliphatic heterocycles. The lowest BCUT2D eigenvalue weighted by atomic mass is 9.96. The first-order valence-electron chi connectivity index (χ1n) is 9.01. The lowest BCUT2D eigenvalue weighted by Gasteiger charge is -2.30. The van der Waals surface area contributed by atoms with Crippen molar-refractivity contribution in [3.8, 4) is 5.75 Å². The molecule has 1 aromatic heterocycles. The van der Waals surface area contributed by atoms with Gasteiger partial charge in [-0.2, -0.15) is 0 Å². The number of aryl methyl sites for hydroxylation is 2. The summed E-state index contributed by atoms with van der Waals surface area (Å²) in [4.78, 5) is 26.0. The van der Waals surface area contributed by atoms with Crippen molar-refractivity contribution in [1.82, 2.24) is 10.1 Å². The molecule has 1 fully saturated rings. The van der Waals surface area contributed by atoms with E-state index in [-0.39, 0.29) is 17.8 Å². The van der Waals surface area contributed by atoms with E-state index in [0.29, 0.717) is 43.9 Å². The zero-order chi connectivity index (χ0) is 19.4. The molecule has 144 valence electrons. The van der Waals surface area contributed by atoms with Crippen LogP contribution in [0, 0.1) is 19.8 Å². The molecule has 0 unspecified atom stereocenters. The quantitative estimate of drug-likeness (QED) is 0.751. The monoisotopic (exact) mass is 372 g/mol.